The summed E-state index contributed by atoms with van der Waals surface area (Å²) in [6, 6.07) is 13.6. The predicted octanol–water partition coefficient (Wildman–Crippen LogP) is 3.73. The molecule has 1 aromatic carbocycles. The molecule has 1 N–H and O–H groups in total. The molecule has 0 bridgehead atoms. The van der Waals surface area contributed by atoms with Crippen molar-refractivity contribution in [1.29, 1.82) is 5.26 Å². The summed E-state index contributed by atoms with van der Waals surface area (Å²) >= 11 is 1.20. The highest BCUT2D eigenvalue weighted by Gasteiger charge is 2.21. The number of hydrogen-bond acceptors (Lipinski definition) is 8. The molecule has 34 heavy (non-hydrogen) atoms. The first kappa shape index (κ1) is 22.8. The minimum Gasteiger partial charge on any atom is -0.451 e. The number of nitriles is 1. The van der Waals surface area contributed by atoms with E-state index in [1.807, 2.05) is 48.7 Å². The average molecular weight is 473 g/mol. The SMILES string of the molecule is Cc1c(C#N)c(NC(=O)COC(=O)c2csc(-c3ncccn3)n2)n(Cc2ccccc2)c1C. The van der Waals surface area contributed by atoms with E-state index in [0.29, 0.717) is 28.8 Å². The second-order valence-electron chi connectivity index (χ2n) is 7.35. The number of amides is 1. The van der Waals surface area contributed by atoms with Crippen molar-refractivity contribution in [3.05, 3.63) is 82.3 Å². The Morgan fingerprint density at radius 1 is 1.15 bits per heavy atom. The Balaban J connectivity index is 1.45. The van der Waals surface area contributed by atoms with Gasteiger partial charge in [-0.1, -0.05) is 30.3 Å². The van der Waals surface area contributed by atoms with Gasteiger partial charge in [0.15, 0.2) is 23.1 Å². The third kappa shape index (κ3) is 4.84. The predicted molar refractivity (Wildman–Crippen MR) is 126 cm³/mol. The minimum absolute atomic E-state index is 0.0668. The Morgan fingerprint density at radius 2 is 1.88 bits per heavy atom. The van der Waals surface area contributed by atoms with Crippen LogP contribution in [-0.2, 0) is 16.1 Å². The van der Waals surface area contributed by atoms with Crippen LogP contribution >= 0.6 is 11.3 Å². The number of benzene rings is 1. The highest BCUT2D eigenvalue weighted by molar-refractivity contribution is 7.13. The molecule has 0 saturated heterocycles. The van der Waals surface area contributed by atoms with E-state index in [4.69, 9.17) is 4.74 Å². The Hall–Kier alpha value is -4.36. The molecule has 0 unspecified atom stereocenters. The zero-order chi connectivity index (χ0) is 24.1. The van der Waals surface area contributed by atoms with Crippen LogP contribution in [0.15, 0.2) is 54.2 Å². The van der Waals surface area contributed by atoms with Gasteiger partial charge in [-0.3, -0.25) is 4.79 Å². The molecule has 9 nitrogen and oxygen atoms in total. The summed E-state index contributed by atoms with van der Waals surface area (Å²) in [6.45, 7) is 3.69. The van der Waals surface area contributed by atoms with E-state index in [-0.39, 0.29) is 5.69 Å². The van der Waals surface area contributed by atoms with Gasteiger partial charge in [0.1, 0.15) is 11.9 Å². The van der Waals surface area contributed by atoms with Crippen molar-refractivity contribution in [2.24, 2.45) is 0 Å². The second-order valence-corrected chi connectivity index (χ2v) is 8.21. The molecular formula is C24H20N6O3S. The smallest absolute Gasteiger partial charge is 0.358 e. The van der Waals surface area contributed by atoms with Crippen LogP contribution < -0.4 is 5.32 Å². The third-order valence-corrected chi connectivity index (χ3v) is 6.03. The van der Waals surface area contributed by atoms with E-state index in [1.54, 1.807) is 18.5 Å². The van der Waals surface area contributed by atoms with Crippen LogP contribution in [0, 0.1) is 25.2 Å². The molecule has 0 aliphatic carbocycles. The highest BCUT2D eigenvalue weighted by atomic mass is 32.1. The molecule has 0 atom stereocenters. The number of rotatable bonds is 7. The number of nitrogens with zero attached hydrogens (tertiary/aromatic N) is 5. The van der Waals surface area contributed by atoms with Crippen molar-refractivity contribution in [3.63, 3.8) is 0 Å². The summed E-state index contributed by atoms with van der Waals surface area (Å²) in [6.07, 6.45) is 3.16. The maximum absolute atomic E-state index is 12.6. The van der Waals surface area contributed by atoms with E-state index in [2.05, 4.69) is 26.3 Å². The zero-order valence-corrected chi connectivity index (χ0v) is 19.3. The van der Waals surface area contributed by atoms with Crippen LogP contribution in [0.1, 0.15) is 32.9 Å². The Kier molecular flexibility index (Phi) is 6.75. The van der Waals surface area contributed by atoms with Crippen molar-refractivity contribution in [1.82, 2.24) is 19.5 Å². The monoisotopic (exact) mass is 472 g/mol. The van der Waals surface area contributed by atoms with Crippen LogP contribution in [0.25, 0.3) is 10.8 Å². The molecule has 0 aliphatic heterocycles. The summed E-state index contributed by atoms with van der Waals surface area (Å²) in [7, 11) is 0. The maximum Gasteiger partial charge on any atom is 0.358 e. The first-order valence-electron chi connectivity index (χ1n) is 10.3. The summed E-state index contributed by atoms with van der Waals surface area (Å²) in [5.41, 5.74) is 3.11. The molecular weight excluding hydrogens is 452 g/mol. The molecule has 170 valence electrons. The van der Waals surface area contributed by atoms with Gasteiger partial charge in [0.2, 0.25) is 0 Å². The molecule has 4 rings (SSSR count). The number of ether oxygens (including phenoxy) is 1. The summed E-state index contributed by atoms with van der Waals surface area (Å²) in [4.78, 5) is 37.4. The Bertz CT molecular complexity index is 1370. The second kappa shape index (κ2) is 10.1. The van der Waals surface area contributed by atoms with Crippen LogP contribution in [0.5, 0.6) is 0 Å². The number of esters is 1. The molecule has 3 heterocycles. The van der Waals surface area contributed by atoms with Crippen LogP contribution in [0.3, 0.4) is 0 Å². The molecule has 3 aromatic heterocycles. The molecule has 0 fully saturated rings. The fraction of sp³-hybridized carbons (Fsp3) is 0.167. The van der Waals surface area contributed by atoms with Crippen LogP contribution in [0.4, 0.5) is 5.82 Å². The lowest BCUT2D eigenvalue weighted by molar-refractivity contribution is -0.119. The van der Waals surface area contributed by atoms with E-state index < -0.39 is 18.5 Å². The Labute approximate surface area is 199 Å². The van der Waals surface area contributed by atoms with Crippen LogP contribution in [0.2, 0.25) is 0 Å². The summed E-state index contributed by atoms with van der Waals surface area (Å²) < 4.78 is 7.01. The number of hydrogen-bond donors (Lipinski definition) is 1. The van der Waals surface area contributed by atoms with E-state index >= 15 is 0 Å². The van der Waals surface area contributed by atoms with Gasteiger partial charge in [-0.25, -0.2) is 19.7 Å². The van der Waals surface area contributed by atoms with Crippen molar-refractivity contribution in [2.75, 3.05) is 11.9 Å². The summed E-state index contributed by atoms with van der Waals surface area (Å²) in [5, 5.41) is 14.4. The number of anilines is 1. The largest absolute Gasteiger partial charge is 0.451 e. The quantitative estimate of drug-likeness (QED) is 0.407. The van der Waals surface area contributed by atoms with Gasteiger partial charge < -0.3 is 14.6 Å². The van der Waals surface area contributed by atoms with E-state index in [1.165, 1.54) is 16.7 Å². The molecule has 0 saturated carbocycles. The standard InChI is InChI=1S/C24H20N6O3S/c1-15-16(2)30(12-17-7-4-3-5-8-17)22(18(15)11-25)29-20(31)13-33-24(32)19-14-34-23(28-19)21-26-9-6-10-27-21/h3-10,14H,12-13H2,1-2H3,(H,29,31). The fourth-order valence-electron chi connectivity index (χ4n) is 3.35. The number of nitrogens with one attached hydrogen (secondary N) is 1. The van der Waals surface area contributed by atoms with Gasteiger partial charge in [-0.05, 0) is 31.0 Å². The molecule has 10 heteroatoms. The average Bonchev–Trinajstić information content (AvgIpc) is 3.44. The molecule has 1 amide bonds. The van der Waals surface area contributed by atoms with E-state index in [9.17, 15) is 14.9 Å². The Morgan fingerprint density at radius 3 is 2.59 bits per heavy atom. The van der Waals surface area contributed by atoms with Crippen LogP contribution in [-0.4, -0.2) is 38.0 Å². The normalized spacial score (nSPS) is 10.5. The summed E-state index contributed by atoms with van der Waals surface area (Å²) in [5.74, 6) is -0.516. The first-order valence-corrected chi connectivity index (χ1v) is 11.2. The maximum atomic E-state index is 12.6. The first-order chi connectivity index (χ1) is 16.5. The van der Waals surface area contributed by atoms with Crippen molar-refractivity contribution in [3.8, 4) is 16.9 Å². The minimum atomic E-state index is -0.735. The van der Waals surface area contributed by atoms with Gasteiger partial charge in [-0.15, -0.1) is 11.3 Å². The lowest BCUT2D eigenvalue weighted by Crippen LogP contribution is -2.23. The topological polar surface area (TPSA) is 123 Å². The van der Waals surface area contributed by atoms with Gasteiger partial charge in [-0.2, -0.15) is 5.26 Å². The molecule has 0 aliphatic rings. The lowest BCUT2D eigenvalue weighted by Gasteiger charge is -2.13. The molecule has 0 spiro atoms. The van der Waals surface area contributed by atoms with Crippen molar-refractivity contribution in [2.45, 2.75) is 20.4 Å². The van der Waals surface area contributed by atoms with Gasteiger partial charge in [0.05, 0.1) is 5.56 Å². The fourth-order valence-corrected chi connectivity index (χ4v) is 4.08. The zero-order valence-electron chi connectivity index (χ0n) is 18.5. The van der Waals surface area contributed by atoms with Crippen molar-refractivity contribution < 1.29 is 14.3 Å². The lowest BCUT2D eigenvalue weighted by atomic mass is 10.2. The number of carbonyl (C=O) groups is 2. The van der Waals surface area contributed by atoms with Gasteiger partial charge in [0.25, 0.3) is 5.91 Å². The number of aromatic nitrogens is 4. The van der Waals surface area contributed by atoms with Crippen molar-refractivity contribution >= 4 is 29.0 Å². The third-order valence-electron chi connectivity index (χ3n) is 5.19. The molecule has 0 radical (unpaired) electrons. The van der Waals surface area contributed by atoms with E-state index in [0.717, 1.165) is 16.8 Å². The number of carbonyl (C=O) groups excluding carboxylic acids is 2. The van der Waals surface area contributed by atoms with Gasteiger partial charge in [0, 0.05) is 30.0 Å². The van der Waals surface area contributed by atoms with Gasteiger partial charge >= 0.3 is 5.97 Å². The molecule has 4 aromatic rings. The number of thiazole rings is 1. The highest BCUT2D eigenvalue weighted by Crippen LogP contribution is 2.27.